The normalized spacial score (nSPS) is 10.0. The number of ether oxygens (including phenoxy) is 2. The Bertz CT molecular complexity index is 318. The van der Waals surface area contributed by atoms with E-state index in [-0.39, 0.29) is 6.10 Å². The smallest absolute Gasteiger partial charge is 0.153 e. The summed E-state index contributed by atoms with van der Waals surface area (Å²) in [6, 6.07) is 5.13. The molecule has 0 heterocycles. The van der Waals surface area contributed by atoms with Crippen molar-refractivity contribution in [3.63, 3.8) is 0 Å². The van der Waals surface area contributed by atoms with Crippen molar-refractivity contribution in [3.05, 3.63) is 23.8 Å². The molecule has 0 amide bonds. The highest BCUT2D eigenvalue weighted by Gasteiger charge is 2.06. The summed E-state index contributed by atoms with van der Waals surface area (Å²) in [6.45, 7) is 3.82. The van der Waals surface area contributed by atoms with Crippen molar-refractivity contribution in [2.24, 2.45) is 0 Å². The molecule has 0 unspecified atom stereocenters. The van der Waals surface area contributed by atoms with Crippen LogP contribution in [-0.2, 0) is 0 Å². The van der Waals surface area contributed by atoms with E-state index in [1.54, 1.807) is 25.3 Å². The number of benzene rings is 1. The first-order valence-corrected chi connectivity index (χ1v) is 4.47. The van der Waals surface area contributed by atoms with Gasteiger partial charge in [0.1, 0.15) is 11.5 Å². The maximum atomic E-state index is 10.7. The number of methoxy groups -OCH3 is 1. The molecule has 1 aromatic carbocycles. The molecule has 76 valence electrons. The molecule has 0 aliphatic heterocycles. The monoisotopic (exact) mass is 194 g/mol. The Balaban J connectivity index is 3.01. The zero-order valence-electron chi connectivity index (χ0n) is 8.61. The van der Waals surface area contributed by atoms with Gasteiger partial charge in [-0.25, -0.2) is 0 Å². The van der Waals surface area contributed by atoms with E-state index in [2.05, 4.69) is 0 Å². The fourth-order valence-electron chi connectivity index (χ4n) is 1.10. The minimum absolute atomic E-state index is 0.0424. The van der Waals surface area contributed by atoms with Crippen LogP contribution in [0.2, 0.25) is 0 Å². The van der Waals surface area contributed by atoms with E-state index < -0.39 is 0 Å². The zero-order chi connectivity index (χ0) is 10.6. The highest BCUT2D eigenvalue weighted by molar-refractivity contribution is 5.79. The second-order valence-corrected chi connectivity index (χ2v) is 3.19. The minimum atomic E-state index is 0.0424. The summed E-state index contributed by atoms with van der Waals surface area (Å²) in [5, 5.41) is 0. The largest absolute Gasteiger partial charge is 0.497 e. The van der Waals surface area contributed by atoms with Crippen LogP contribution in [0.15, 0.2) is 18.2 Å². The summed E-state index contributed by atoms with van der Waals surface area (Å²) in [5.74, 6) is 1.25. The number of carbonyl (C=O) groups is 1. The van der Waals surface area contributed by atoms with Gasteiger partial charge in [-0.15, -0.1) is 0 Å². The van der Waals surface area contributed by atoms with Gasteiger partial charge in [-0.05, 0) is 26.0 Å². The molecule has 0 saturated heterocycles. The van der Waals surface area contributed by atoms with Crippen LogP contribution < -0.4 is 9.47 Å². The van der Waals surface area contributed by atoms with Gasteiger partial charge >= 0.3 is 0 Å². The first-order chi connectivity index (χ1) is 6.67. The van der Waals surface area contributed by atoms with Gasteiger partial charge in [-0.1, -0.05) is 0 Å². The predicted molar refractivity (Wildman–Crippen MR) is 54.1 cm³/mol. The van der Waals surface area contributed by atoms with Crippen LogP contribution in [0.3, 0.4) is 0 Å². The topological polar surface area (TPSA) is 35.5 Å². The molecule has 0 aliphatic rings. The Labute approximate surface area is 83.6 Å². The van der Waals surface area contributed by atoms with E-state index in [0.717, 1.165) is 6.29 Å². The van der Waals surface area contributed by atoms with Gasteiger partial charge in [-0.3, -0.25) is 4.79 Å². The molecule has 0 saturated carbocycles. The van der Waals surface area contributed by atoms with Gasteiger partial charge in [0.05, 0.1) is 18.8 Å². The highest BCUT2D eigenvalue weighted by atomic mass is 16.5. The Hall–Kier alpha value is -1.51. The van der Waals surface area contributed by atoms with Gasteiger partial charge in [0.2, 0.25) is 0 Å². The maximum Gasteiger partial charge on any atom is 0.153 e. The molecule has 3 nitrogen and oxygen atoms in total. The molecule has 0 radical (unpaired) electrons. The van der Waals surface area contributed by atoms with Crippen molar-refractivity contribution in [2.75, 3.05) is 7.11 Å². The predicted octanol–water partition coefficient (Wildman–Crippen LogP) is 2.29. The van der Waals surface area contributed by atoms with Crippen molar-refractivity contribution in [1.82, 2.24) is 0 Å². The van der Waals surface area contributed by atoms with E-state index >= 15 is 0 Å². The summed E-state index contributed by atoms with van der Waals surface area (Å²) in [4.78, 5) is 10.7. The zero-order valence-corrected chi connectivity index (χ0v) is 8.61. The summed E-state index contributed by atoms with van der Waals surface area (Å²) >= 11 is 0. The molecular formula is C11H14O3. The molecule has 0 aromatic heterocycles. The molecule has 0 fully saturated rings. The van der Waals surface area contributed by atoms with E-state index in [0.29, 0.717) is 17.1 Å². The molecule has 3 heteroatoms. The molecule has 0 spiro atoms. The van der Waals surface area contributed by atoms with E-state index in [1.165, 1.54) is 0 Å². The lowest BCUT2D eigenvalue weighted by Crippen LogP contribution is -2.07. The standard InChI is InChI=1S/C11H14O3/c1-8(2)14-11-6-10(13-3)5-4-9(11)7-12/h4-8H,1-3H3. The van der Waals surface area contributed by atoms with Crippen LogP contribution >= 0.6 is 0 Å². The third kappa shape index (κ3) is 2.49. The van der Waals surface area contributed by atoms with Crippen LogP contribution in [-0.4, -0.2) is 19.5 Å². The molecule has 1 aromatic rings. The van der Waals surface area contributed by atoms with Gasteiger partial charge in [-0.2, -0.15) is 0 Å². The van der Waals surface area contributed by atoms with Crippen molar-refractivity contribution in [2.45, 2.75) is 20.0 Å². The average Bonchev–Trinajstić information content (AvgIpc) is 2.16. The molecule has 0 bridgehead atoms. The Morgan fingerprint density at radius 3 is 2.57 bits per heavy atom. The Kier molecular flexibility index (Phi) is 3.51. The fraction of sp³-hybridized carbons (Fsp3) is 0.364. The van der Waals surface area contributed by atoms with Crippen LogP contribution in [0.25, 0.3) is 0 Å². The first kappa shape index (κ1) is 10.6. The van der Waals surface area contributed by atoms with Gasteiger partial charge in [0.25, 0.3) is 0 Å². The summed E-state index contributed by atoms with van der Waals surface area (Å²) in [7, 11) is 1.58. The lowest BCUT2D eigenvalue weighted by Gasteiger charge is -2.12. The maximum absolute atomic E-state index is 10.7. The molecule has 0 N–H and O–H groups in total. The van der Waals surface area contributed by atoms with Crippen molar-refractivity contribution >= 4 is 6.29 Å². The quantitative estimate of drug-likeness (QED) is 0.690. The Morgan fingerprint density at radius 1 is 1.36 bits per heavy atom. The number of rotatable bonds is 4. The number of carbonyl (C=O) groups excluding carboxylic acids is 1. The molecule has 1 rings (SSSR count). The molecule has 0 atom stereocenters. The molecular weight excluding hydrogens is 180 g/mol. The van der Waals surface area contributed by atoms with Gasteiger partial charge in [0.15, 0.2) is 6.29 Å². The number of hydrogen-bond donors (Lipinski definition) is 0. The number of aldehydes is 1. The van der Waals surface area contributed by atoms with Crippen LogP contribution in [0.5, 0.6) is 11.5 Å². The van der Waals surface area contributed by atoms with Gasteiger partial charge in [0, 0.05) is 6.07 Å². The Morgan fingerprint density at radius 2 is 2.07 bits per heavy atom. The van der Waals surface area contributed by atoms with Crippen molar-refractivity contribution in [1.29, 1.82) is 0 Å². The van der Waals surface area contributed by atoms with Crippen molar-refractivity contribution < 1.29 is 14.3 Å². The minimum Gasteiger partial charge on any atom is -0.497 e. The van der Waals surface area contributed by atoms with Gasteiger partial charge < -0.3 is 9.47 Å². The lowest BCUT2D eigenvalue weighted by molar-refractivity contribution is 0.111. The summed E-state index contributed by atoms with van der Waals surface area (Å²) in [6.07, 6.45) is 0.817. The SMILES string of the molecule is COc1ccc(C=O)c(OC(C)C)c1. The molecule has 14 heavy (non-hydrogen) atoms. The fourth-order valence-corrected chi connectivity index (χ4v) is 1.10. The molecule has 0 aliphatic carbocycles. The summed E-state index contributed by atoms with van der Waals surface area (Å²) < 4.78 is 10.5. The van der Waals surface area contributed by atoms with E-state index in [1.807, 2.05) is 13.8 Å². The van der Waals surface area contributed by atoms with Crippen LogP contribution in [0.1, 0.15) is 24.2 Å². The first-order valence-electron chi connectivity index (χ1n) is 4.47. The third-order valence-electron chi connectivity index (χ3n) is 1.71. The number of hydrogen-bond acceptors (Lipinski definition) is 3. The van der Waals surface area contributed by atoms with E-state index in [4.69, 9.17) is 9.47 Å². The summed E-state index contributed by atoms with van der Waals surface area (Å²) in [5.41, 5.74) is 0.541. The highest BCUT2D eigenvalue weighted by Crippen LogP contribution is 2.24. The van der Waals surface area contributed by atoms with Crippen LogP contribution in [0.4, 0.5) is 0 Å². The van der Waals surface area contributed by atoms with Crippen molar-refractivity contribution in [3.8, 4) is 11.5 Å². The second kappa shape index (κ2) is 4.65. The van der Waals surface area contributed by atoms with Crippen LogP contribution in [0, 0.1) is 0 Å². The second-order valence-electron chi connectivity index (χ2n) is 3.19. The van der Waals surface area contributed by atoms with E-state index in [9.17, 15) is 4.79 Å². The third-order valence-corrected chi connectivity index (χ3v) is 1.71. The lowest BCUT2D eigenvalue weighted by atomic mass is 10.2. The average molecular weight is 194 g/mol.